The van der Waals surface area contributed by atoms with Crippen LogP contribution in [0.5, 0.6) is 17.4 Å². The third kappa shape index (κ3) is 6.90. The predicted octanol–water partition coefficient (Wildman–Crippen LogP) is 3.31. The van der Waals surface area contributed by atoms with Gasteiger partial charge in [-0.1, -0.05) is 6.07 Å². The van der Waals surface area contributed by atoms with Gasteiger partial charge in [0.15, 0.2) is 6.61 Å². The first-order chi connectivity index (χ1) is 12.2. The zero-order valence-corrected chi connectivity index (χ0v) is 16.8. The molecule has 1 fully saturated rings. The Bertz CT molecular complexity index is 686. The summed E-state index contributed by atoms with van der Waals surface area (Å²) in [5.74, 6) is 1.87. The van der Waals surface area contributed by atoms with Crippen LogP contribution in [0.25, 0.3) is 0 Å². The third-order valence-corrected chi connectivity index (χ3v) is 4.23. The summed E-state index contributed by atoms with van der Waals surface area (Å²) < 4.78 is 11.2. The van der Waals surface area contributed by atoms with Crippen LogP contribution >= 0.6 is 24.8 Å². The molecule has 0 spiro atoms. The first-order valence-electron chi connectivity index (χ1n) is 8.51. The van der Waals surface area contributed by atoms with Gasteiger partial charge in [-0.15, -0.1) is 24.8 Å². The number of carbonyl (C=O) groups is 1. The number of carbonyl (C=O) groups excluding carboxylic acids is 1. The molecule has 1 saturated heterocycles. The van der Waals surface area contributed by atoms with E-state index in [2.05, 4.69) is 10.3 Å². The van der Waals surface area contributed by atoms with Crippen LogP contribution in [0.3, 0.4) is 0 Å². The number of piperidine rings is 1. The lowest BCUT2D eigenvalue weighted by molar-refractivity contribution is -0.134. The fourth-order valence-corrected chi connectivity index (χ4v) is 2.81. The second-order valence-electron chi connectivity index (χ2n) is 6.00. The van der Waals surface area contributed by atoms with E-state index in [4.69, 9.17) is 9.47 Å². The van der Waals surface area contributed by atoms with Gasteiger partial charge in [-0.25, -0.2) is 4.98 Å². The molecular weight excluding hydrogens is 389 g/mol. The van der Waals surface area contributed by atoms with E-state index in [1.54, 1.807) is 36.5 Å². The van der Waals surface area contributed by atoms with Crippen molar-refractivity contribution in [3.63, 3.8) is 0 Å². The second kappa shape index (κ2) is 11.6. The molecule has 27 heavy (non-hydrogen) atoms. The molecule has 1 amide bonds. The Labute approximate surface area is 172 Å². The zero-order chi connectivity index (χ0) is 17.5. The van der Waals surface area contributed by atoms with Gasteiger partial charge in [0.2, 0.25) is 5.88 Å². The SMILES string of the molecule is CNC1CCCN(C(=O)COc2ccc(Oc3ccccn3)cc2)C1.Cl.Cl. The molecule has 1 aliphatic heterocycles. The van der Waals surface area contributed by atoms with Crippen molar-refractivity contribution in [3.05, 3.63) is 48.7 Å². The van der Waals surface area contributed by atoms with Gasteiger partial charge in [-0.2, -0.15) is 0 Å². The molecule has 2 aromatic rings. The number of benzene rings is 1. The van der Waals surface area contributed by atoms with E-state index in [1.165, 1.54) is 0 Å². The molecule has 1 N–H and O–H groups in total. The van der Waals surface area contributed by atoms with Crippen molar-refractivity contribution in [2.24, 2.45) is 0 Å². The lowest BCUT2D eigenvalue weighted by Gasteiger charge is -2.32. The molecule has 2 heterocycles. The monoisotopic (exact) mass is 413 g/mol. The van der Waals surface area contributed by atoms with Crippen LogP contribution in [0, 0.1) is 0 Å². The zero-order valence-electron chi connectivity index (χ0n) is 15.2. The number of halogens is 2. The fraction of sp³-hybridized carbons (Fsp3) is 0.368. The lowest BCUT2D eigenvalue weighted by Crippen LogP contribution is -2.48. The summed E-state index contributed by atoms with van der Waals surface area (Å²) in [6.45, 7) is 1.60. The third-order valence-electron chi connectivity index (χ3n) is 4.23. The summed E-state index contributed by atoms with van der Waals surface area (Å²) in [6, 6.07) is 13.0. The number of rotatable bonds is 6. The average Bonchev–Trinajstić information content (AvgIpc) is 2.68. The van der Waals surface area contributed by atoms with Gasteiger partial charge in [0.05, 0.1) is 0 Å². The molecule has 6 nitrogen and oxygen atoms in total. The highest BCUT2D eigenvalue weighted by Crippen LogP contribution is 2.22. The van der Waals surface area contributed by atoms with E-state index in [-0.39, 0.29) is 37.3 Å². The lowest BCUT2D eigenvalue weighted by atomic mass is 10.1. The van der Waals surface area contributed by atoms with E-state index >= 15 is 0 Å². The molecule has 1 aliphatic rings. The van der Waals surface area contributed by atoms with E-state index in [0.29, 0.717) is 23.4 Å². The Kier molecular flexibility index (Phi) is 9.93. The van der Waals surface area contributed by atoms with Crippen LogP contribution in [0.2, 0.25) is 0 Å². The summed E-state index contributed by atoms with van der Waals surface area (Å²) in [5, 5.41) is 3.23. The van der Waals surface area contributed by atoms with Crippen LogP contribution in [0.15, 0.2) is 48.7 Å². The minimum absolute atomic E-state index is 0. The van der Waals surface area contributed by atoms with Crippen LogP contribution in [0.1, 0.15) is 12.8 Å². The number of nitrogens with zero attached hydrogens (tertiary/aromatic N) is 2. The summed E-state index contributed by atoms with van der Waals surface area (Å²) in [5.41, 5.74) is 0. The number of ether oxygens (including phenoxy) is 2. The predicted molar refractivity (Wildman–Crippen MR) is 109 cm³/mol. The molecule has 1 aromatic carbocycles. The standard InChI is InChI=1S/C19H23N3O3.2ClH/c1-20-15-5-4-12-22(13-15)19(23)14-24-16-7-9-17(10-8-16)25-18-6-2-3-11-21-18;;/h2-3,6-11,15,20H,4-5,12-14H2,1H3;2*1H. The summed E-state index contributed by atoms with van der Waals surface area (Å²) in [6.07, 6.45) is 3.81. The van der Waals surface area contributed by atoms with Crippen molar-refractivity contribution in [3.8, 4) is 17.4 Å². The molecule has 1 aromatic heterocycles. The van der Waals surface area contributed by atoms with Gasteiger partial charge < -0.3 is 19.7 Å². The molecule has 1 atom stereocenters. The van der Waals surface area contributed by atoms with Gasteiger partial charge >= 0.3 is 0 Å². The maximum absolute atomic E-state index is 12.3. The van der Waals surface area contributed by atoms with Crippen molar-refractivity contribution < 1.29 is 14.3 Å². The maximum atomic E-state index is 12.3. The number of pyridine rings is 1. The summed E-state index contributed by atoms with van der Waals surface area (Å²) >= 11 is 0. The molecule has 148 valence electrons. The van der Waals surface area contributed by atoms with Crippen LogP contribution in [0.4, 0.5) is 0 Å². The molecule has 0 aliphatic carbocycles. The topological polar surface area (TPSA) is 63.7 Å². The Balaban J connectivity index is 0.00000182. The number of aromatic nitrogens is 1. The highest BCUT2D eigenvalue weighted by atomic mass is 35.5. The fourth-order valence-electron chi connectivity index (χ4n) is 2.81. The number of likely N-dealkylation sites (N-methyl/N-ethyl adjacent to an activating group) is 1. The highest BCUT2D eigenvalue weighted by molar-refractivity contribution is 5.85. The normalized spacial score (nSPS) is 15.9. The van der Waals surface area contributed by atoms with E-state index in [9.17, 15) is 4.79 Å². The number of amides is 1. The van der Waals surface area contributed by atoms with Crippen molar-refractivity contribution in [1.82, 2.24) is 15.2 Å². The van der Waals surface area contributed by atoms with Gasteiger partial charge in [0.1, 0.15) is 11.5 Å². The maximum Gasteiger partial charge on any atom is 0.260 e. The minimum Gasteiger partial charge on any atom is -0.484 e. The number of hydrogen-bond acceptors (Lipinski definition) is 5. The molecule has 3 rings (SSSR count). The molecule has 0 radical (unpaired) electrons. The molecular formula is C19H25Cl2N3O3. The number of likely N-dealkylation sites (tertiary alicyclic amines) is 1. The van der Waals surface area contributed by atoms with E-state index < -0.39 is 0 Å². The Morgan fingerprint density at radius 3 is 2.59 bits per heavy atom. The van der Waals surface area contributed by atoms with Gasteiger partial charge in [0.25, 0.3) is 5.91 Å². The highest BCUT2D eigenvalue weighted by Gasteiger charge is 2.22. The summed E-state index contributed by atoms with van der Waals surface area (Å²) in [4.78, 5) is 18.3. The van der Waals surface area contributed by atoms with Crippen LogP contribution in [-0.4, -0.2) is 48.6 Å². The molecule has 8 heteroatoms. The Morgan fingerprint density at radius 1 is 1.19 bits per heavy atom. The number of hydrogen-bond donors (Lipinski definition) is 1. The first-order valence-corrected chi connectivity index (χ1v) is 8.51. The average molecular weight is 414 g/mol. The minimum atomic E-state index is 0. The van der Waals surface area contributed by atoms with Crippen molar-refractivity contribution >= 4 is 30.7 Å². The molecule has 0 saturated carbocycles. The molecule has 1 unspecified atom stereocenters. The van der Waals surface area contributed by atoms with Crippen molar-refractivity contribution in [2.45, 2.75) is 18.9 Å². The molecule has 0 bridgehead atoms. The van der Waals surface area contributed by atoms with Crippen molar-refractivity contribution in [1.29, 1.82) is 0 Å². The van der Waals surface area contributed by atoms with Crippen LogP contribution in [-0.2, 0) is 4.79 Å². The van der Waals surface area contributed by atoms with E-state index in [0.717, 1.165) is 25.9 Å². The quantitative estimate of drug-likeness (QED) is 0.786. The van der Waals surface area contributed by atoms with Gasteiger partial charge in [-0.05, 0) is 50.2 Å². The van der Waals surface area contributed by atoms with Crippen LogP contribution < -0.4 is 14.8 Å². The number of nitrogens with one attached hydrogen (secondary N) is 1. The van der Waals surface area contributed by atoms with Crippen molar-refractivity contribution in [2.75, 3.05) is 26.7 Å². The van der Waals surface area contributed by atoms with Gasteiger partial charge in [0, 0.05) is 31.4 Å². The second-order valence-corrected chi connectivity index (χ2v) is 6.00. The first kappa shape index (κ1) is 23.0. The Morgan fingerprint density at radius 2 is 1.93 bits per heavy atom. The van der Waals surface area contributed by atoms with Gasteiger partial charge in [-0.3, -0.25) is 4.79 Å². The van der Waals surface area contributed by atoms with E-state index in [1.807, 2.05) is 24.1 Å². The smallest absolute Gasteiger partial charge is 0.260 e. The summed E-state index contributed by atoms with van der Waals surface area (Å²) in [7, 11) is 1.93. The Hall–Kier alpha value is -2.02. The largest absolute Gasteiger partial charge is 0.484 e.